The van der Waals surface area contributed by atoms with Gasteiger partial charge in [-0.1, -0.05) is 0 Å². The van der Waals surface area contributed by atoms with Crippen molar-refractivity contribution in [2.45, 2.75) is 38.1 Å². The number of terminal acetylenes is 1. The maximum atomic E-state index is 11.5. The number of urea groups is 1. The fourth-order valence-electron chi connectivity index (χ4n) is 1.63. The highest BCUT2D eigenvalue weighted by atomic mass is 16.4. The monoisotopic (exact) mass is 238 g/mol. The van der Waals surface area contributed by atoms with Crippen molar-refractivity contribution in [3.05, 3.63) is 0 Å². The summed E-state index contributed by atoms with van der Waals surface area (Å²) in [5, 5.41) is 14.1. The summed E-state index contributed by atoms with van der Waals surface area (Å²) >= 11 is 0. The van der Waals surface area contributed by atoms with Crippen LogP contribution in [0.4, 0.5) is 4.79 Å². The Balaban J connectivity index is 2.22. The van der Waals surface area contributed by atoms with Crippen LogP contribution in [-0.2, 0) is 4.79 Å². The van der Waals surface area contributed by atoms with Gasteiger partial charge in [0.1, 0.15) is 0 Å². The lowest BCUT2D eigenvalue weighted by molar-refractivity contribution is -0.137. The van der Waals surface area contributed by atoms with Crippen molar-refractivity contribution in [1.29, 1.82) is 0 Å². The number of carboxylic acid groups (broad SMARTS) is 1. The SMILES string of the molecule is C#CCCCNC(=O)NC(CC(=O)O)C1CC1. The topological polar surface area (TPSA) is 78.4 Å². The lowest BCUT2D eigenvalue weighted by Gasteiger charge is -2.16. The number of hydrogen-bond donors (Lipinski definition) is 3. The van der Waals surface area contributed by atoms with E-state index >= 15 is 0 Å². The Morgan fingerprint density at radius 2 is 2.18 bits per heavy atom. The first-order chi connectivity index (χ1) is 8.13. The molecule has 1 aliphatic carbocycles. The van der Waals surface area contributed by atoms with E-state index in [0.717, 1.165) is 19.3 Å². The number of unbranched alkanes of at least 4 members (excludes halogenated alkanes) is 1. The molecule has 0 aromatic carbocycles. The molecule has 17 heavy (non-hydrogen) atoms. The van der Waals surface area contributed by atoms with Gasteiger partial charge in [-0.05, 0) is 25.2 Å². The molecule has 0 bridgehead atoms. The second-order valence-electron chi connectivity index (χ2n) is 4.25. The van der Waals surface area contributed by atoms with Crippen LogP contribution >= 0.6 is 0 Å². The third-order valence-electron chi connectivity index (χ3n) is 2.69. The first-order valence-electron chi connectivity index (χ1n) is 5.83. The second-order valence-corrected chi connectivity index (χ2v) is 4.25. The maximum Gasteiger partial charge on any atom is 0.315 e. The molecule has 1 saturated carbocycles. The number of hydrogen-bond acceptors (Lipinski definition) is 2. The van der Waals surface area contributed by atoms with E-state index in [2.05, 4.69) is 16.6 Å². The predicted molar refractivity (Wildman–Crippen MR) is 63.4 cm³/mol. The van der Waals surface area contributed by atoms with Crippen molar-refractivity contribution in [3.8, 4) is 12.3 Å². The normalized spacial score (nSPS) is 15.7. The molecule has 0 aromatic rings. The molecule has 5 heteroatoms. The molecule has 5 nitrogen and oxygen atoms in total. The Hall–Kier alpha value is -1.70. The van der Waals surface area contributed by atoms with Gasteiger partial charge in [-0.25, -0.2) is 4.79 Å². The summed E-state index contributed by atoms with van der Waals surface area (Å²) in [5.41, 5.74) is 0. The molecule has 0 aliphatic heterocycles. The molecule has 1 atom stereocenters. The van der Waals surface area contributed by atoms with Crippen molar-refractivity contribution in [1.82, 2.24) is 10.6 Å². The van der Waals surface area contributed by atoms with E-state index in [1.807, 2.05) is 0 Å². The van der Waals surface area contributed by atoms with E-state index in [1.165, 1.54) is 0 Å². The van der Waals surface area contributed by atoms with Crippen molar-refractivity contribution >= 4 is 12.0 Å². The van der Waals surface area contributed by atoms with Gasteiger partial charge in [0.25, 0.3) is 0 Å². The van der Waals surface area contributed by atoms with Gasteiger partial charge in [0.15, 0.2) is 0 Å². The highest BCUT2D eigenvalue weighted by molar-refractivity contribution is 5.75. The van der Waals surface area contributed by atoms with Crippen LogP contribution in [0.3, 0.4) is 0 Å². The molecule has 0 saturated heterocycles. The predicted octanol–water partition coefficient (Wildman–Crippen LogP) is 0.952. The summed E-state index contributed by atoms with van der Waals surface area (Å²) in [7, 11) is 0. The van der Waals surface area contributed by atoms with E-state index in [-0.39, 0.29) is 18.5 Å². The van der Waals surface area contributed by atoms with Crippen LogP contribution in [0, 0.1) is 18.3 Å². The standard InChI is InChI=1S/C12H18N2O3/c1-2-3-4-7-13-12(17)14-10(8-11(15)16)9-5-6-9/h1,9-10H,3-8H2,(H,15,16)(H2,13,14,17). The average Bonchev–Trinajstić information content (AvgIpc) is 3.06. The molecule has 0 radical (unpaired) electrons. The summed E-state index contributed by atoms with van der Waals surface area (Å²) < 4.78 is 0. The number of amides is 2. The van der Waals surface area contributed by atoms with Gasteiger partial charge in [0.2, 0.25) is 0 Å². The minimum absolute atomic E-state index is 0.0115. The first kappa shape index (κ1) is 13.4. The lowest BCUT2D eigenvalue weighted by atomic mass is 10.1. The Bertz CT molecular complexity index is 318. The quantitative estimate of drug-likeness (QED) is 0.456. The largest absolute Gasteiger partial charge is 0.481 e. The van der Waals surface area contributed by atoms with E-state index < -0.39 is 5.97 Å². The van der Waals surface area contributed by atoms with Gasteiger partial charge in [-0.15, -0.1) is 12.3 Å². The zero-order valence-corrected chi connectivity index (χ0v) is 9.74. The van der Waals surface area contributed by atoms with E-state index in [9.17, 15) is 9.59 Å². The van der Waals surface area contributed by atoms with Gasteiger partial charge in [0.05, 0.1) is 6.42 Å². The molecule has 1 rings (SSSR count). The molecule has 3 N–H and O–H groups in total. The number of nitrogens with one attached hydrogen (secondary N) is 2. The first-order valence-corrected chi connectivity index (χ1v) is 5.83. The van der Waals surface area contributed by atoms with Crippen molar-refractivity contribution in [2.75, 3.05) is 6.54 Å². The summed E-state index contributed by atoms with van der Waals surface area (Å²) in [6, 6.07) is -0.555. The Kier molecular flexibility index (Phi) is 5.34. The van der Waals surface area contributed by atoms with Crippen LogP contribution < -0.4 is 10.6 Å². The summed E-state index contributed by atoms with van der Waals surface area (Å²) in [6.07, 6.45) is 8.42. The maximum absolute atomic E-state index is 11.5. The molecule has 1 fully saturated rings. The highest BCUT2D eigenvalue weighted by Gasteiger charge is 2.33. The fraction of sp³-hybridized carbons (Fsp3) is 0.667. The lowest BCUT2D eigenvalue weighted by Crippen LogP contribution is -2.44. The Morgan fingerprint density at radius 1 is 1.47 bits per heavy atom. The molecule has 0 spiro atoms. The number of aliphatic carboxylic acids is 1. The highest BCUT2D eigenvalue weighted by Crippen LogP contribution is 2.33. The molecule has 2 amide bonds. The third kappa shape index (κ3) is 5.81. The van der Waals surface area contributed by atoms with Crippen LogP contribution in [0.25, 0.3) is 0 Å². The molecule has 0 heterocycles. The van der Waals surface area contributed by atoms with E-state index in [0.29, 0.717) is 18.9 Å². The summed E-state index contributed by atoms with van der Waals surface area (Å²) in [6.45, 7) is 0.514. The number of carbonyl (C=O) groups excluding carboxylic acids is 1. The van der Waals surface area contributed by atoms with Gasteiger partial charge in [-0.3, -0.25) is 4.79 Å². The van der Waals surface area contributed by atoms with Crippen LogP contribution in [0.15, 0.2) is 0 Å². The number of rotatable bonds is 7. The molecular formula is C12H18N2O3. The number of carbonyl (C=O) groups is 2. The van der Waals surface area contributed by atoms with Crippen molar-refractivity contribution < 1.29 is 14.7 Å². The molecule has 94 valence electrons. The summed E-state index contributed by atoms with van der Waals surface area (Å²) in [4.78, 5) is 22.1. The molecule has 1 aliphatic rings. The van der Waals surface area contributed by atoms with E-state index in [4.69, 9.17) is 11.5 Å². The fourth-order valence-corrected chi connectivity index (χ4v) is 1.63. The zero-order valence-electron chi connectivity index (χ0n) is 9.74. The van der Waals surface area contributed by atoms with Gasteiger partial charge in [-0.2, -0.15) is 0 Å². The smallest absolute Gasteiger partial charge is 0.315 e. The summed E-state index contributed by atoms with van der Waals surface area (Å²) in [5.74, 6) is 1.93. The van der Waals surface area contributed by atoms with Crippen LogP contribution in [-0.4, -0.2) is 29.7 Å². The van der Waals surface area contributed by atoms with E-state index in [1.54, 1.807) is 0 Å². The van der Waals surface area contributed by atoms with Crippen LogP contribution in [0.5, 0.6) is 0 Å². The zero-order chi connectivity index (χ0) is 12.7. The van der Waals surface area contributed by atoms with Crippen molar-refractivity contribution in [2.24, 2.45) is 5.92 Å². The third-order valence-corrected chi connectivity index (χ3v) is 2.69. The molecular weight excluding hydrogens is 220 g/mol. The minimum Gasteiger partial charge on any atom is -0.481 e. The minimum atomic E-state index is -0.880. The number of carboxylic acids is 1. The average molecular weight is 238 g/mol. The van der Waals surface area contributed by atoms with Gasteiger partial charge >= 0.3 is 12.0 Å². The van der Waals surface area contributed by atoms with Crippen molar-refractivity contribution in [3.63, 3.8) is 0 Å². The molecule has 0 aromatic heterocycles. The molecule has 1 unspecified atom stereocenters. The second kappa shape index (κ2) is 6.79. The van der Waals surface area contributed by atoms with Crippen LogP contribution in [0.1, 0.15) is 32.1 Å². The van der Waals surface area contributed by atoms with Gasteiger partial charge in [0, 0.05) is 19.0 Å². The van der Waals surface area contributed by atoms with Crippen LogP contribution in [0.2, 0.25) is 0 Å². The van der Waals surface area contributed by atoms with Gasteiger partial charge < -0.3 is 15.7 Å². The Labute approximate surface area is 101 Å². The Morgan fingerprint density at radius 3 is 2.71 bits per heavy atom.